The summed E-state index contributed by atoms with van der Waals surface area (Å²) in [6, 6.07) is 10.4. The second kappa shape index (κ2) is 10.8. The first-order valence-electron chi connectivity index (χ1n) is 11.2. The van der Waals surface area contributed by atoms with Crippen LogP contribution >= 0.6 is 11.6 Å². The van der Waals surface area contributed by atoms with Crippen LogP contribution in [-0.4, -0.2) is 55.1 Å². The number of aliphatic hydroxyl groups is 1. The van der Waals surface area contributed by atoms with E-state index in [0.29, 0.717) is 27.8 Å². The monoisotopic (exact) mass is 524 g/mol. The quantitative estimate of drug-likeness (QED) is 0.262. The van der Waals surface area contributed by atoms with Gasteiger partial charge >= 0.3 is 0 Å². The molecule has 4 rings (SSSR count). The standard InChI is InChI=1S/C27H25ClN2O7/c1-34-19-6-5-17(28)13-18(19)24(31)22-23(16-11-20(35-2)26(37-4)21(12-16)36-3)30(27(33)25(22)32)14-15-7-9-29-10-8-15/h5-13,23,31H,14H2,1-4H3/b24-22+. The third-order valence-electron chi connectivity index (χ3n) is 6.06. The first-order valence-corrected chi connectivity index (χ1v) is 11.5. The second-order valence-electron chi connectivity index (χ2n) is 8.09. The number of aliphatic hydroxyl groups excluding tert-OH is 1. The average Bonchev–Trinajstić information content (AvgIpc) is 3.17. The fourth-order valence-corrected chi connectivity index (χ4v) is 4.52. The normalized spacial score (nSPS) is 16.6. The molecule has 0 aliphatic carbocycles. The fourth-order valence-electron chi connectivity index (χ4n) is 4.34. The number of carbonyl (C=O) groups is 2. The van der Waals surface area contributed by atoms with Crippen LogP contribution in [0.15, 0.2) is 60.4 Å². The number of nitrogens with zero attached hydrogens (tertiary/aromatic N) is 2. The Bertz CT molecular complexity index is 1350. The fraction of sp³-hybridized carbons (Fsp3) is 0.222. The highest BCUT2D eigenvalue weighted by Crippen LogP contribution is 2.46. The number of benzene rings is 2. The minimum absolute atomic E-state index is 0.0812. The van der Waals surface area contributed by atoms with E-state index >= 15 is 0 Å². The van der Waals surface area contributed by atoms with E-state index in [1.807, 2.05) is 0 Å². The van der Waals surface area contributed by atoms with Crippen molar-refractivity contribution >= 4 is 29.1 Å². The maximum Gasteiger partial charge on any atom is 0.295 e. The second-order valence-corrected chi connectivity index (χ2v) is 8.52. The predicted octanol–water partition coefficient (Wildman–Crippen LogP) is 4.39. The van der Waals surface area contributed by atoms with Crippen LogP contribution in [0.1, 0.15) is 22.7 Å². The Kier molecular flexibility index (Phi) is 7.54. The van der Waals surface area contributed by atoms with E-state index < -0.39 is 23.5 Å². The summed E-state index contributed by atoms with van der Waals surface area (Å²) in [5, 5.41) is 11.8. The van der Waals surface area contributed by atoms with E-state index in [1.165, 1.54) is 39.4 Å². The molecule has 2 heterocycles. The topological polar surface area (TPSA) is 107 Å². The zero-order valence-electron chi connectivity index (χ0n) is 20.6. The molecule has 1 aromatic heterocycles. The molecule has 3 aromatic rings. The van der Waals surface area contributed by atoms with Crippen molar-refractivity contribution in [3.05, 3.63) is 82.1 Å². The van der Waals surface area contributed by atoms with Crippen molar-refractivity contribution in [2.24, 2.45) is 0 Å². The van der Waals surface area contributed by atoms with Crippen LogP contribution < -0.4 is 18.9 Å². The van der Waals surface area contributed by atoms with Gasteiger partial charge in [0, 0.05) is 24.0 Å². The van der Waals surface area contributed by atoms with Crippen molar-refractivity contribution in [1.29, 1.82) is 0 Å². The number of halogens is 1. The third-order valence-corrected chi connectivity index (χ3v) is 6.30. The molecule has 1 fully saturated rings. The van der Waals surface area contributed by atoms with Gasteiger partial charge in [0.05, 0.1) is 45.6 Å². The highest BCUT2D eigenvalue weighted by molar-refractivity contribution is 6.46. The maximum absolute atomic E-state index is 13.4. The Hall–Kier alpha value is -4.24. The van der Waals surface area contributed by atoms with Crippen LogP contribution in [0.5, 0.6) is 23.0 Å². The van der Waals surface area contributed by atoms with Gasteiger partial charge in [0.1, 0.15) is 11.5 Å². The van der Waals surface area contributed by atoms with Gasteiger partial charge in [-0.25, -0.2) is 0 Å². The molecule has 0 radical (unpaired) electrons. The summed E-state index contributed by atoms with van der Waals surface area (Å²) < 4.78 is 21.8. The Balaban J connectivity index is 1.99. The molecule has 1 amide bonds. The molecule has 0 bridgehead atoms. The summed E-state index contributed by atoms with van der Waals surface area (Å²) in [6.07, 6.45) is 3.19. The van der Waals surface area contributed by atoms with Crippen molar-refractivity contribution in [2.75, 3.05) is 28.4 Å². The molecular formula is C27H25ClN2O7. The van der Waals surface area contributed by atoms with Crippen molar-refractivity contribution in [2.45, 2.75) is 12.6 Å². The summed E-state index contributed by atoms with van der Waals surface area (Å²) in [4.78, 5) is 32.2. The van der Waals surface area contributed by atoms with Crippen LogP contribution in [0.2, 0.25) is 5.02 Å². The van der Waals surface area contributed by atoms with Crippen molar-refractivity contribution in [3.8, 4) is 23.0 Å². The van der Waals surface area contributed by atoms with E-state index in [2.05, 4.69) is 4.98 Å². The van der Waals surface area contributed by atoms with Crippen LogP contribution in [0, 0.1) is 0 Å². The molecule has 1 N–H and O–H groups in total. The number of ketones is 1. The number of hydrogen-bond donors (Lipinski definition) is 1. The third kappa shape index (κ3) is 4.77. The summed E-state index contributed by atoms with van der Waals surface area (Å²) in [5.41, 5.74) is 1.25. The van der Waals surface area contributed by atoms with E-state index in [9.17, 15) is 14.7 Å². The minimum atomic E-state index is -0.995. The van der Waals surface area contributed by atoms with Gasteiger partial charge in [-0.1, -0.05) is 11.6 Å². The van der Waals surface area contributed by atoms with Gasteiger partial charge in [-0.05, 0) is 53.6 Å². The number of Topliss-reactive ketones (excluding diaryl/α,β-unsaturated/α-hetero) is 1. The molecule has 0 spiro atoms. The van der Waals surface area contributed by atoms with Crippen LogP contribution in [0.3, 0.4) is 0 Å². The Morgan fingerprint density at radius 2 is 1.54 bits per heavy atom. The predicted molar refractivity (Wildman–Crippen MR) is 136 cm³/mol. The molecular weight excluding hydrogens is 500 g/mol. The van der Waals surface area contributed by atoms with Gasteiger partial charge in [0.2, 0.25) is 5.75 Å². The molecule has 37 heavy (non-hydrogen) atoms. The highest BCUT2D eigenvalue weighted by Gasteiger charge is 2.47. The molecule has 1 atom stereocenters. The minimum Gasteiger partial charge on any atom is -0.507 e. The Morgan fingerprint density at radius 1 is 0.919 bits per heavy atom. The number of amides is 1. The smallest absolute Gasteiger partial charge is 0.295 e. The molecule has 10 heteroatoms. The molecule has 1 aliphatic heterocycles. The Morgan fingerprint density at radius 3 is 2.11 bits per heavy atom. The van der Waals surface area contributed by atoms with Crippen molar-refractivity contribution in [3.63, 3.8) is 0 Å². The first kappa shape index (κ1) is 25.8. The zero-order valence-corrected chi connectivity index (χ0v) is 21.4. The van der Waals surface area contributed by atoms with E-state index in [4.69, 9.17) is 30.5 Å². The van der Waals surface area contributed by atoms with E-state index in [0.717, 1.165) is 5.56 Å². The summed E-state index contributed by atoms with van der Waals surface area (Å²) in [7, 11) is 5.83. The molecule has 1 aliphatic rings. The van der Waals surface area contributed by atoms with Gasteiger partial charge < -0.3 is 29.0 Å². The maximum atomic E-state index is 13.4. The summed E-state index contributed by atoms with van der Waals surface area (Å²) in [6.45, 7) is 0.0812. The van der Waals surface area contributed by atoms with Crippen LogP contribution in [-0.2, 0) is 16.1 Å². The zero-order chi connectivity index (χ0) is 26.7. The van der Waals surface area contributed by atoms with Crippen molar-refractivity contribution in [1.82, 2.24) is 9.88 Å². The number of pyridine rings is 1. The largest absolute Gasteiger partial charge is 0.507 e. The molecule has 0 saturated carbocycles. The SMILES string of the molecule is COc1ccc(Cl)cc1/C(O)=C1\C(=O)C(=O)N(Cc2ccncc2)C1c1cc(OC)c(OC)c(OC)c1. The van der Waals surface area contributed by atoms with Crippen molar-refractivity contribution < 1.29 is 33.6 Å². The Labute approximate surface area is 218 Å². The number of likely N-dealkylation sites (tertiary alicyclic amines) is 1. The lowest BCUT2D eigenvalue weighted by molar-refractivity contribution is -0.140. The summed E-state index contributed by atoms with van der Waals surface area (Å²) >= 11 is 6.19. The average molecular weight is 525 g/mol. The van der Waals surface area contributed by atoms with Gasteiger partial charge in [-0.15, -0.1) is 0 Å². The van der Waals surface area contributed by atoms with Crippen LogP contribution in [0.25, 0.3) is 5.76 Å². The number of hydrogen-bond acceptors (Lipinski definition) is 8. The molecule has 2 aromatic carbocycles. The van der Waals surface area contributed by atoms with Gasteiger partial charge in [0.25, 0.3) is 11.7 Å². The number of rotatable bonds is 8. The van der Waals surface area contributed by atoms with Gasteiger partial charge in [0.15, 0.2) is 11.5 Å². The number of carbonyl (C=O) groups excluding carboxylic acids is 2. The lowest BCUT2D eigenvalue weighted by Crippen LogP contribution is -2.29. The van der Waals surface area contributed by atoms with Crippen LogP contribution in [0.4, 0.5) is 0 Å². The van der Waals surface area contributed by atoms with E-state index in [-0.39, 0.29) is 23.4 Å². The molecule has 1 unspecified atom stereocenters. The van der Waals surface area contributed by atoms with E-state index in [1.54, 1.807) is 48.8 Å². The summed E-state index contributed by atoms with van der Waals surface area (Å²) in [5.74, 6) is -0.778. The molecule has 1 saturated heterocycles. The number of ether oxygens (including phenoxy) is 4. The lowest BCUT2D eigenvalue weighted by atomic mass is 9.94. The molecule has 9 nitrogen and oxygen atoms in total. The highest BCUT2D eigenvalue weighted by atomic mass is 35.5. The number of methoxy groups -OCH3 is 4. The van der Waals surface area contributed by atoms with Gasteiger partial charge in [-0.3, -0.25) is 14.6 Å². The number of aromatic nitrogens is 1. The van der Waals surface area contributed by atoms with Gasteiger partial charge in [-0.2, -0.15) is 0 Å². The first-order chi connectivity index (χ1) is 17.8. The molecule has 192 valence electrons. The lowest BCUT2D eigenvalue weighted by Gasteiger charge is -2.26.